The maximum absolute atomic E-state index is 12.1. The van der Waals surface area contributed by atoms with E-state index in [0.717, 1.165) is 0 Å². The van der Waals surface area contributed by atoms with Gasteiger partial charge in [-0.3, -0.25) is 0 Å². The Hall–Kier alpha value is -2.73. The molecule has 1 aromatic heterocycles. The minimum absolute atomic E-state index is 0.0416. The maximum Gasteiger partial charge on any atom is 0.381 e. The van der Waals surface area contributed by atoms with E-state index in [1.165, 1.54) is 41.4 Å². The molecule has 2 rings (SSSR count). The zero-order chi connectivity index (χ0) is 15.5. The van der Waals surface area contributed by atoms with E-state index in [0.29, 0.717) is 0 Å². The minimum Gasteiger partial charge on any atom is -0.358 e. The molecule has 0 atom stereocenters. The fraction of sp³-hybridized carbons (Fsp3) is 0.167. The molecule has 0 aliphatic heterocycles. The maximum atomic E-state index is 12.1. The van der Waals surface area contributed by atoms with Crippen molar-refractivity contribution in [3.63, 3.8) is 0 Å². The average molecular weight is 306 g/mol. The van der Waals surface area contributed by atoms with Crippen LogP contribution in [0.3, 0.4) is 0 Å². The van der Waals surface area contributed by atoms with Gasteiger partial charge in [-0.1, -0.05) is 6.07 Å². The lowest BCUT2D eigenvalue weighted by Crippen LogP contribution is -2.12. The van der Waals surface area contributed by atoms with Crippen molar-refractivity contribution in [2.75, 3.05) is 5.75 Å². The second-order valence-corrected chi connectivity index (χ2v) is 6.29. The number of hydrogen-bond donors (Lipinski definition) is 0. The van der Waals surface area contributed by atoms with Crippen molar-refractivity contribution in [3.05, 3.63) is 52.5 Å². The van der Waals surface area contributed by atoms with Crippen LogP contribution in [0.4, 0.5) is 5.82 Å². The summed E-state index contributed by atoms with van der Waals surface area (Å²) in [5.74, 6) is -0.575. The van der Waals surface area contributed by atoms with Crippen molar-refractivity contribution >= 4 is 15.7 Å². The number of hydrogen-bond acceptors (Lipinski definition) is 6. The topological polar surface area (TPSA) is 119 Å². The predicted octanol–water partition coefficient (Wildman–Crippen LogP) is 1.14. The quantitative estimate of drug-likeness (QED) is 0.603. The molecule has 0 saturated heterocycles. The summed E-state index contributed by atoms with van der Waals surface area (Å²) in [7, 11) is -3.57. The number of aromatic nitrogens is 2. The van der Waals surface area contributed by atoms with Crippen molar-refractivity contribution in [2.45, 2.75) is 11.4 Å². The number of nitro groups is 1. The van der Waals surface area contributed by atoms with Gasteiger partial charge in [0.1, 0.15) is 6.20 Å². The Labute approximate surface area is 120 Å². The number of benzene rings is 1. The van der Waals surface area contributed by atoms with E-state index in [4.69, 9.17) is 5.26 Å². The molecule has 0 amide bonds. The molecule has 8 nitrogen and oxygen atoms in total. The molecule has 0 radical (unpaired) electrons. The SMILES string of the molecule is N#Cc1cccc(S(=O)(=O)CCn2cnc([N+](=O)[O-])c2)c1. The lowest BCUT2D eigenvalue weighted by Gasteiger charge is -2.04. The van der Waals surface area contributed by atoms with Crippen LogP contribution < -0.4 is 0 Å². The Morgan fingerprint density at radius 3 is 2.81 bits per heavy atom. The van der Waals surface area contributed by atoms with Gasteiger partial charge >= 0.3 is 5.82 Å². The molecule has 0 spiro atoms. The second kappa shape index (κ2) is 5.72. The third kappa shape index (κ3) is 3.43. The van der Waals surface area contributed by atoms with E-state index >= 15 is 0 Å². The Balaban J connectivity index is 2.13. The van der Waals surface area contributed by atoms with Gasteiger partial charge in [0, 0.05) is 6.54 Å². The van der Waals surface area contributed by atoms with Crippen molar-refractivity contribution < 1.29 is 13.3 Å². The molecule has 2 aromatic rings. The molecule has 1 heterocycles. The molecule has 0 saturated carbocycles. The van der Waals surface area contributed by atoms with Gasteiger partial charge in [-0.25, -0.2) is 8.42 Å². The van der Waals surface area contributed by atoms with Crippen LogP contribution in [0.1, 0.15) is 5.56 Å². The van der Waals surface area contributed by atoms with Crippen LogP contribution in [0.2, 0.25) is 0 Å². The van der Waals surface area contributed by atoms with Gasteiger partial charge in [-0.15, -0.1) is 0 Å². The molecule has 9 heteroatoms. The van der Waals surface area contributed by atoms with Gasteiger partial charge in [-0.2, -0.15) is 5.26 Å². The van der Waals surface area contributed by atoms with Crippen molar-refractivity contribution in [1.29, 1.82) is 5.26 Å². The number of aryl methyl sites for hydroxylation is 1. The summed E-state index contributed by atoms with van der Waals surface area (Å²) in [6.07, 6.45) is 2.38. The highest BCUT2D eigenvalue weighted by atomic mass is 32.2. The van der Waals surface area contributed by atoms with Crippen LogP contribution in [0.25, 0.3) is 0 Å². The van der Waals surface area contributed by atoms with Crippen LogP contribution in [-0.4, -0.2) is 28.6 Å². The molecule has 0 aliphatic carbocycles. The fourth-order valence-electron chi connectivity index (χ4n) is 1.67. The van der Waals surface area contributed by atoms with E-state index in [1.807, 2.05) is 6.07 Å². The van der Waals surface area contributed by atoms with E-state index in [-0.39, 0.29) is 28.6 Å². The summed E-state index contributed by atoms with van der Waals surface area (Å²) in [6.45, 7) is 0.0416. The van der Waals surface area contributed by atoms with Gasteiger partial charge in [0.2, 0.25) is 6.33 Å². The minimum atomic E-state index is -3.57. The Bertz CT molecular complexity index is 820. The number of sulfone groups is 1. The van der Waals surface area contributed by atoms with E-state index < -0.39 is 14.8 Å². The molecule has 0 fully saturated rings. The van der Waals surface area contributed by atoms with Crippen LogP contribution in [-0.2, 0) is 16.4 Å². The molecule has 0 aliphatic rings. The summed E-state index contributed by atoms with van der Waals surface area (Å²) in [5, 5.41) is 19.3. The van der Waals surface area contributed by atoms with Crippen molar-refractivity contribution in [2.24, 2.45) is 0 Å². The molecule has 108 valence electrons. The highest BCUT2D eigenvalue weighted by Crippen LogP contribution is 2.14. The third-order valence-electron chi connectivity index (χ3n) is 2.75. The van der Waals surface area contributed by atoms with Crippen LogP contribution >= 0.6 is 0 Å². The number of nitrogens with zero attached hydrogens (tertiary/aromatic N) is 4. The molecular weight excluding hydrogens is 296 g/mol. The third-order valence-corrected chi connectivity index (χ3v) is 4.44. The lowest BCUT2D eigenvalue weighted by molar-refractivity contribution is -0.389. The molecule has 0 N–H and O–H groups in total. The monoisotopic (exact) mass is 306 g/mol. The van der Waals surface area contributed by atoms with Crippen LogP contribution in [0, 0.1) is 21.4 Å². The first-order valence-corrected chi connectivity index (χ1v) is 7.47. The zero-order valence-corrected chi connectivity index (χ0v) is 11.5. The summed E-state index contributed by atoms with van der Waals surface area (Å²) in [5.41, 5.74) is 0.259. The zero-order valence-electron chi connectivity index (χ0n) is 10.7. The summed E-state index contributed by atoms with van der Waals surface area (Å²) in [4.78, 5) is 13.4. The number of rotatable bonds is 5. The molecular formula is C12H10N4O4S. The molecule has 0 unspecified atom stereocenters. The fourth-order valence-corrected chi connectivity index (χ4v) is 2.95. The van der Waals surface area contributed by atoms with Crippen LogP contribution in [0.5, 0.6) is 0 Å². The molecule has 21 heavy (non-hydrogen) atoms. The van der Waals surface area contributed by atoms with E-state index in [9.17, 15) is 18.5 Å². The first kappa shape index (κ1) is 14.7. The Kier molecular flexibility index (Phi) is 4.00. The first-order valence-electron chi connectivity index (χ1n) is 5.81. The van der Waals surface area contributed by atoms with Crippen molar-refractivity contribution in [3.8, 4) is 6.07 Å². The van der Waals surface area contributed by atoms with Crippen LogP contribution in [0.15, 0.2) is 41.7 Å². The highest BCUT2D eigenvalue weighted by Gasteiger charge is 2.16. The first-order chi connectivity index (χ1) is 9.92. The molecule has 0 bridgehead atoms. The Morgan fingerprint density at radius 2 is 2.19 bits per heavy atom. The van der Waals surface area contributed by atoms with Gasteiger partial charge in [0.05, 0.1) is 22.3 Å². The number of imidazole rings is 1. The van der Waals surface area contributed by atoms with Crippen molar-refractivity contribution in [1.82, 2.24) is 9.55 Å². The largest absolute Gasteiger partial charge is 0.381 e. The number of nitriles is 1. The molecule has 1 aromatic carbocycles. The highest BCUT2D eigenvalue weighted by molar-refractivity contribution is 7.91. The average Bonchev–Trinajstić information content (AvgIpc) is 2.94. The summed E-state index contributed by atoms with van der Waals surface area (Å²) in [6, 6.07) is 7.59. The van der Waals surface area contributed by atoms with Gasteiger partial charge in [0.25, 0.3) is 0 Å². The lowest BCUT2D eigenvalue weighted by atomic mass is 10.2. The van der Waals surface area contributed by atoms with Gasteiger partial charge in [-0.05, 0) is 28.1 Å². The standard InChI is InChI=1S/C12H10N4O4S/c13-7-10-2-1-3-11(6-10)21(19,20)5-4-15-8-12(14-9-15)16(17)18/h1-3,6,8-9H,4-5H2. The van der Waals surface area contributed by atoms with E-state index in [2.05, 4.69) is 4.98 Å². The summed E-state index contributed by atoms with van der Waals surface area (Å²) < 4.78 is 25.6. The van der Waals surface area contributed by atoms with Gasteiger partial charge < -0.3 is 14.7 Å². The Morgan fingerprint density at radius 1 is 1.43 bits per heavy atom. The van der Waals surface area contributed by atoms with Gasteiger partial charge in [0.15, 0.2) is 9.84 Å². The second-order valence-electron chi connectivity index (χ2n) is 4.19. The predicted molar refractivity (Wildman–Crippen MR) is 72.1 cm³/mol. The normalized spacial score (nSPS) is 11.0. The van der Waals surface area contributed by atoms with E-state index in [1.54, 1.807) is 0 Å². The smallest absolute Gasteiger partial charge is 0.358 e. The summed E-state index contributed by atoms with van der Waals surface area (Å²) >= 11 is 0.